The molecule has 4 nitrogen and oxygen atoms in total. The first-order chi connectivity index (χ1) is 6.01. The molecule has 0 aromatic heterocycles. The molecule has 3 heterocycles. The van der Waals surface area contributed by atoms with Crippen molar-refractivity contribution in [2.45, 2.75) is 30.8 Å². The van der Waals surface area contributed by atoms with Crippen molar-refractivity contribution in [2.24, 2.45) is 11.8 Å². The van der Waals surface area contributed by atoms with E-state index in [9.17, 15) is 15.3 Å². The first kappa shape index (κ1) is 8.17. The highest BCUT2D eigenvalue weighted by atomic mass is 16.6. The number of piperidine rings is 3. The average molecular weight is 185 g/mol. The van der Waals surface area contributed by atoms with Crippen molar-refractivity contribution in [3.05, 3.63) is 0 Å². The van der Waals surface area contributed by atoms with Gasteiger partial charge in [0.15, 0.2) is 0 Å². The van der Waals surface area contributed by atoms with E-state index in [1.54, 1.807) is 4.90 Å². The lowest BCUT2D eigenvalue weighted by atomic mass is 9.63. The molecule has 4 aliphatic rings. The summed E-state index contributed by atoms with van der Waals surface area (Å²) in [4.78, 5) is 1.62. The summed E-state index contributed by atoms with van der Waals surface area (Å²) in [5, 5.41) is 29.7. The molecular formula is C9H15NO3. The quantitative estimate of drug-likeness (QED) is 0.428. The van der Waals surface area contributed by atoms with Gasteiger partial charge in [0.25, 0.3) is 5.91 Å². The summed E-state index contributed by atoms with van der Waals surface area (Å²) < 4.78 is 0. The SMILES string of the molecule is OC12CC3CC(CN(C3)C1(O)O)C2. The first-order valence-electron chi connectivity index (χ1n) is 4.93. The minimum atomic E-state index is -1.97. The molecule has 0 amide bonds. The van der Waals surface area contributed by atoms with Crippen LogP contribution in [-0.2, 0) is 0 Å². The van der Waals surface area contributed by atoms with Gasteiger partial charge >= 0.3 is 0 Å². The van der Waals surface area contributed by atoms with Crippen molar-refractivity contribution in [3.63, 3.8) is 0 Å². The maximum absolute atomic E-state index is 10.1. The molecule has 1 aliphatic carbocycles. The van der Waals surface area contributed by atoms with E-state index in [-0.39, 0.29) is 0 Å². The third-order valence-electron chi connectivity index (χ3n) is 3.94. The van der Waals surface area contributed by atoms with E-state index in [0.717, 1.165) is 19.5 Å². The lowest BCUT2D eigenvalue weighted by Gasteiger charge is -2.61. The van der Waals surface area contributed by atoms with Crippen LogP contribution in [0.15, 0.2) is 0 Å². The minimum absolute atomic E-state index is 0.463. The highest BCUT2D eigenvalue weighted by Gasteiger charge is 2.63. The van der Waals surface area contributed by atoms with Gasteiger partial charge < -0.3 is 15.3 Å². The summed E-state index contributed by atoms with van der Waals surface area (Å²) >= 11 is 0. The summed E-state index contributed by atoms with van der Waals surface area (Å²) in [7, 11) is 0. The van der Waals surface area contributed by atoms with Crippen LogP contribution in [0.1, 0.15) is 19.3 Å². The van der Waals surface area contributed by atoms with Crippen molar-refractivity contribution in [2.75, 3.05) is 13.1 Å². The standard InChI is InChI=1S/C9H15NO3/c11-8-2-6-1-7(3-8)5-10(4-6)9(8,12)13/h6-7,11-13H,1-5H2. The van der Waals surface area contributed by atoms with E-state index in [1.165, 1.54) is 0 Å². The summed E-state index contributed by atoms with van der Waals surface area (Å²) in [6, 6.07) is 0. The lowest BCUT2D eigenvalue weighted by molar-refractivity contribution is -0.403. The van der Waals surface area contributed by atoms with Gasteiger partial charge in [-0.3, -0.25) is 0 Å². The Morgan fingerprint density at radius 3 is 2.00 bits per heavy atom. The molecule has 1 saturated carbocycles. The van der Waals surface area contributed by atoms with E-state index in [0.29, 0.717) is 24.7 Å². The van der Waals surface area contributed by atoms with E-state index in [1.807, 2.05) is 0 Å². The van der Waals surface area contributed by atoms with Crippen molar-refractivity contribution >= 4 is 0 Å². The Labute approximate surface area is 76.8 Å². The highest BCUT2D eigenvalue weighted by molar-refractivity contribution is 5.08. The van der Waals surface area contributed by atoms with Crippen LogP contribution >= 0.6 is 0 Å². The molecule has 4 heteroatoms. The molecule has 2 unspecified atom stereocenters. The Bertz CT molecular complexity index is 239. The van der Waals surface area contributed by atoms with Crippen LogP contribution in [0, 0.1) is 11.8 Å². The Balaban J connectivity index is 2.03. The minimum Gasteiger partial charge on any atom is -0.383 e. The average Bonchev–Trinajstić information content (AvgIpc) is 1.99. The van der Waals surface area contributed by atoms with E-state index >= 15 is 0 Å². The van der Waals surface area contributed by atoms with Gasteiger partial charge in [-0.05, 0) is 31.1 Å². The topological polar surface area (TPSA) is 63.9 Å². The molecule has 0 aromatic rings. The summed E-state index contributed by atoms with van der Waals surface area (Å²) in [6.45, 7) is 1.46. The molecule has 2 atom stereocenters. The van der Waals surface area contributed by atoms with Crippen LogP contribution in [0.5, 0.6) is 0 Å². The first-order valence-corrected chi connectivity index (χ1v) is 4.93. The van der Waals surface area contributed by atoms with Crippen LogP contribution < -0.4 is 0 Å². The molecule has 13 heavy (non-hydrogen) atoms. The van der Waals surface area contributed by atoms with Crippen molar-refractivity contribution in [1.29, 1.82) is 0 Å². The van der Waals surface area contributed by atoms with Crippen LogP contribution in [-0.4, -0.2) is 44.8 Å². The smallest absolute Gasteiger partial charge is 0.255 e. The maximum atomic E-state index is 10.1. The van der Waals surface area contributed by atoms with Gasteiger partial charge in [-0.1, -0.05) is 0 Å². The van der Waals surface area contributed by atoms with Crippen molar-refractivity contribution < 1.29 is 15.3 Å². The predicted octanol–water partition coefficient (Wildman–Crippen LogP) is -0.899. The highest BCUT2D eigenvalue weighted by Crippen LogP contribution is 2.51. The third kappa shape index (κ3) is 0.845. The molecule has 4 bridgehead atoms. The summed E-state index contributed by atoms with van der Waals surface area (Å²) in [5.41, 5.74) is -1.27. The molecule has 3 aliphatic heterocycles. The Kier molecular flexibility index (Phi) is 1.31. The van der Waals surface area contributed by atoms with E-state index < -0.39 is 11.5 Å². The third-order valence-corrected chi connectivity index (χ3v) is 3.94. The molecule has 0 spiro atoms. The van der Waals surface area contributed by atoms with Crippen LogP contribution in [0.2, 0.25) is 0 Å². The van der Waals surface area contributed by atoms with E-state index in [4.69, 9.17) is 0 Å². The fourth-order valence-corrected chi connectivity index (χ4v) is 3.48. The van der Waals surface area contributed by atoms with Gasteiger partial charge in [0.2, 0.25) is 0 Å². The predicted molar refractivity (Wildman–Crippen MR) is 44.5 cm³/mol. The van der Waals surface area contributed by atoms with Crippen molar-refractivity contribution in [1.82, 2.24) is 4.90 Å². The largest absolute Gasteiger partial charge is 0.383 e. The monoisotopic (exact) mass is 185 g/mol. The molecular weight excluding hydrogens is 170 g/mol. The normalized spacial score (nSPS) is 57.0. The Morgan fingerprint density at radius 1 is 1.00 bits per heavy atom. The molecule has 3 N–H and O–H groups in total. The number of hydrogen-bond acceptors (Lipinski definition) is 4. The fourth-order valence-electron chi connectivity index (χ4n) is 3.48. The Hall–Kier alpha value is -0.160. The zero-order valence-corrected chi connectivity index (χ0v) is 7.48. The van der Waals surface area contributed by atoms with Gasteiger partial charge in [0, 0.05) is 13.1 Å². The number of hydrogen-bond donors (Lipinski definition) is 3. The van der Waals surface area contributed by atoms with Gasteiger partial charge in [-0.15, -0.1) is 0 Å². The second-order valence-electron chi connectivity index (χ2n) is 4.95. The fraction of sp³-hybridized carbons (Fsp3) is 1.00. The summed E-state index contributed by atoms with van der Waals surface area (Å²) in [6.07, 6.45) is 2.24. The van der Waals surface area contributed by atoms with E-state index in [2.05, 4.69) is 0 Å². The zero-order chi connectivity index (χ0) is 9.27. The van der Waals surface area contributed by atoms with Crippen molar-refractivity contribution in [3.8, 4) is 0 Å². The molecule has 4 fully saturated rings. The molecule has 0 radical (unpaired) electrons. The Morgan fingerprint density at radius 2 is 1.54 bits per heavy atom. The second kappa shape index (κ2) is 2.08. The second-order valence-corrected chi connectivity index (χ2v) is 4.95. The molecule has 3 saturated heterocycles. The lowest BCUT2D eigenvalue weighted by Crippen LogP contribution is -2.76. The summed E-state index contributed by atoms with van der Waals surface area (Å²) in [5.74, 6) is -1.05. The number of rotatable bonds is 0. The molecule has 74 valence electrons. The zero-order valence-electron chi connectivity index (χ0n) is 7.48. The molecule has 0 aromatic carbocycles. The van der Waals surface area contributed by atoms with Gasteiger partial charge in [-0.25, -0.2) is 4.90 Å². The van der Waals surface area contributed by atoms with Gasteiger partial charge in [0.1, 0.15) is 5.60 Å². The van der Waals surface area contributed by atoms with Gasteiger partial charge in [-0.2, -0.15) is 0 Å². The number of nitrogens with zero attached hydrogens (tertiary/aromatic N) is 1. The maximum Gasteiger partial charge on any atom is 0.255 e. The molecule has 4 rings (SSSR count). The van der Waals surface area contributed by atoms with Crippen LogP contribution in [0.3, 0.4) is 0 Å². The van der Waals surface area contributed by atoms with Crippen LogP contribution in [0.4, 0.5) is 0 Å². The number of aliphatic hydroxyl groups is 3. The van der Waals surface area contributed by atoms with Gasteiger partial charge in [0.05, 0.1) is 0 Å². The van der Waals surface area contributed by atoms with Crippen LogP contribution in [0.25, 0.3) is 0 Å².